The zero-order chi connectivity index (χ0) is 20.1. The predicted octanol–water partition coefficient (Wildman–Crippen LogP) is 4.11. The quantitative estimate of drug-likeness (QED) is 0.593. The van der Waals surface area contributed by atoms with E-state index >= 15 is 0 Å². The van der Waals surface area contributed by atoms with Crippen LogP contribution in [0.15, 0.2) is 65.2 Å². The van der Waals surface area contributed by atoms with Crippen LogP contribution in [-0.4, -0.2) is 39.8 Å². The molecular formula is C23H23N3O3. The second-order valence-electron chi connectivity index (χ2n) is 7.27. The second-order valence-corrected chi connectivity index (χ2v) is 7.27. The minimum absolute atomic E-state index is 0.00753. The molecule has 2 heterocycles. The number of Topliss-reactive ketones (excluding diaryl/α,β-unsaturated/α-hetero) is 1. The summed E-state index contributed by atoms with van der Waals surface area (Å²) in [6.45, 7) is 1.29. The number of aromatic nitrogens is 2. The molecule has 29 heavy (non-hydrogen) atoms. The lowest BCUT2D eigenvalue weighted by Crippen LogP contribution is -2.38. The molecule has 6 heteroatoms. The Labute approximate surface area is 169 Å². The van der Waals surface area contributed by atoms with Crippen molar-refractivity contribution in [3.63, 3.8) is 0 Å². The van der Waals surface area contributed by atoms with Gasteiger partial charge < -0.3 is 9.42 Å². The fourth-order valence-corrected chi connectivity index (χ4v) is 3.63. The summed E-state index contributed by atoms with van der Waals surface area (Å²) < 4.78 is 5.47. The maximum Gasteiger partial charge on any atom is 0.230 e. The summed E-state index contributed by atoms with van der Waals surface area (Å²) in [6, 6.07) is 18.8. The maximum atomic E-state index is 12.5. The minimum atomic E-state index is 0.00753. The Kier molecular flexibility index (Phi) is 5.79. The van der Waals surface area contributed by atoms with Crippen LogP contribution in [0.2, 0.25) is 0 Å². The Morgan fingerprint density at radius 2 is 1.59 bits per heavy atom. The van der Waals surface area contributed by atoms with Gasteiger partial charge in [0.1, 0.15) is 0 Å². The van der Waals surface area contributed by atoms with Crippen LogP contribution < -0.4 is 0 Å². The maximum absolute atomic E-state index is 12.5. The molecule has 0 aliphatic carbocycles. The summed E-state index contributed by atoms with van der Waals surface area (Å²) in [5.74, 6) is 1.43. The number of carbonyl (C=O) groups excluding carboxylic acids is 2. The van der Waals surface area contributed by atoms with Gasteiger partial charge in [0.2, 0.25) is 17.6 Å². The molecule has 0 unspecified atom stereocenters. The predicted molar refractivity (Wildman–Crippen MR) is 108 cm³/mol. The summed E-state index contributed by atoms with van der Waals surface area (Å²) >= 11 is 0. The van der Waals surface area contributed by atoms with E-state index in [-0.39, 0.29) is 30.4 Å². The average molecular weight is 389 g/mol. The summed E-state index contributed by atoms with van der Waals surface area (Å²) in [5.41, 5.74) is 1.59. The molecule has 0 atom stereocenters. The SMILES string of the molecule is O=C(CCC(=O)N1CCC(c2nc(-c3ccccc3)no2)CC1)c1ccccc1. The molecule has 4 rings (SSSR count). The molecule has 2 aromatic carbocycles. The van der Waals surface area contributed by atoms with E-state index in [0.29, 0.717) is 30.4 Å². The van der Waals surface area contributed by atoms with Crippen LogP contribution in [0.25, 0.3) is 11.4 Å². The number of hydrogen-bond acceptors (Lipinski definition) is 5. The normalized spacial score (nSPS) is 14.7. The van der Waals surface area contributed by atoms with Gasteiger partial charge in [-0.1, -0.05) is 65.8 Å². The van der Waals surface area contributed by atoms with Crippen LogP contribution in [0, 0.1) is 0 Å². The van der Waals surface area contributed by atoms with Crippen LogP contribution in [0.5, 0.6) is 0 Å². The Morgan fingerprint density at radius 1 is 0.931 bits per heavy atom. The monoisotopic (exact) mass is 389 g/mol. The highest BCUT2D eigenvalue weighted by atomic mass is 16.5. The highest BCUT2D eigenvalue weighted by molar-refractivity contribution is 5.97. The fraction of sp³-hybridized carbons (Fsp3) is 0.304. The van der Waals surface area contributed by atoms with E-state index in [4.69, 9.17) is 4.52 Å². The number of piperidine rings is 1. The molecule has 1 saturated heterocycles. The standard InChI is InChI=1S/C23H23N3O3/c27-20(17-7-3-1-4-8-17)11-12-21(28)26-15-13-19(14-16-26)23-24-22(25-29-23)18-9-5-2-6-10-18/h1-10,19H,11-16H2. The first kappa shape index (κ1) is 19.1. The number of benzene rings is 2. The van der Waals surface area contributed by atoms with Crippen molar-refractivity contribution >= 4 is 11.7 Å². The van der Waals surface area contributed by atoms with E-state index in [0.717, 1.165) is 18.4 Å². The smallest absolute Gasteiger partial charge is 0.230 e. The van der Waals surface area contributed by atoms with Gasteiger partial charge in [-0.05, 0) is 12.8 Å². The Morgan fingerprint density at radius 3 is 2.28 bits per heavy atom. The molecule has 1 aliphatic rings. The van der Waals surface area contributed by atoms with Gasteiger partial charge >= 0.3 is 0 Å². The zero-order valence-corrected chi connectivity index (χ0v) is 16.2. The summed E-state index contributed by atoms with van der Waals surface area (Å²) in [5, 5.41) is 4.09. The molecule has 0 saturated carbocycles. The molecular weight excluding hydrogens is 366 g/mol. The van der Waals surface area contributed by atoms with Gasteiger partial charge in [-0.15, -0.1) is 0 Å². The van der Waals surface area contributed by atoms with Crippen molar-refractivity contribution in [2.75, 3.05) is 13.1 Å². The molecule has 148 valence electrons. The number of ketones is 1. The van der Waals surface area contributed by atoms with Crippen molar-refractivity contribution in [2.45, 2.75) is 31.6 Å². The molecule has 3 aromatic rings. The lowest BCUT2D eigenvalue weighted by atomic mass is 9.96. The van der Waals surface area contributed by atoms with Crippen molar-refractivity contribution < 1.29 is 14.1 Å². The van der Waals surface area contributed by atoms with E-state index in [9.17, 15) is 9.59 Å². The molecule has 6 nitrogen and oxygen atoms in total. The zero-order valence-electron chi connectivity index (χ0n) is 16.2. The molecule has 1 fully saturated rings. The van der Waals surface area contributed by atoms with Crippen LogP contribution in [0.1, 0.15) is 47.8 Å². The molecule has 0 N–H and O–H groups in total. The lowest BCUT2D eigenvalue weighted by molar-refractivity contribution is -0.132. The van der Waals surface area contributed by atoms with Crippen molar-refractivity contribution in [3.05, 3.63) is 72.1 Å². The third-order valence-corrected chi connectivity index (χ3v) is 5.33. The molecule has 1 aliphatic heterocycles. The minimum Gasteiger partial charge on any atom is -0.343 e. The number of likely N-dealkylation sites (tertiary alicyclic amines) is 1. The van der Waals surface area contributed by atoms with Gasteiger partial charge in [0.05, 0.1) is 0 Å². The number of hydrogen-bond donors (Lipinski definition) is 0. The summed E-state index contributed by atoms with van der Waals surface area (Å²) in [7, 11) is 0. The van der Waals surface area contributed by atoms with Gasteiger partial charge in [0.15, 0.2) is 5.78 Å². The molecule has 0 radical (unpaired) electrons. The average Bonchev–Trinajstić information content (AvgIpc) is 3.29. The van der Waals surface area contributed by atoms with Crippen LogP contribution in [0.3, 0.4) is 0 Å². The van der Waals surface area contributed by atoms with E-state index < -0.39 is 0 Å². The van der Waals surface area contributed by atoms with Crippen molar-refractivity contribution in [1.29, 1.82) is 0 Å². The topological polar surface area (TPSA) is 76.3 Å². The number of carbonyl (C=O) groups is 2. The van der Waals surface area contributed by atoms with Gasteiger partial charge in [0, 0.05) is 43.0 Å². The lowest BCUT2D eigenvalue weighted by Gasteiger charge is -2.30. The van der Waals surface area contributed by atoms with Crippen LogP contribution in [-0.2, 0) is 4.79 Å². The third-order valence-electron chi connectivity index (χ3n) is 5.33. The Bertz CT molecular complexity index is 961. The van der Waals surface area contributed by atoms with Crippen molar-refractivity contribution in [1.82, 2.24) is 15.0 Å². The van der Waals surface area contributed by atoms with Crippen LogP contribution in [0.4, 0.5) is 0 Å². The van der Waals surface area contributed by atoms with Gasteiger partial charge in [0.25, 0.3) is 0 Å². The first-order valence-corrected chi connectivity index (χ1v) is 9.96. The molecule has 0 bridgehead atoms. The number of nitrogens with zero attached hydrogens (tertiary/aromatic N) is 3. The molecule has 1 amide bonds. The fourth-order valence-electron chi connectivity index (χ4n) is 3.63. The van der Waals surface area contributed by atoms with Crippen molar-refractivity contribution in [3.8, 4) is 11.4 Å². The van der Waals surface area contributed by atoms with E-state index in [1.165, 1.54) is 0 Å². The summed E-state index contributed by atoms with van der Waals surface area (Å²) in [6.07, 6.45) is 2.06. The van der Waals surface area contributed by atoms with E-state index in [1.807, 2.05) is 53.4 Å². The third kappa shape index (κ3) is 4.59. The van der Waals surface area contributed by atoms with E-state index in [2.05, 4.69) is 10.1 Å². The number of amides is 1. The second kappa shape index (κ2) is 8.82. The van der Waals surface area contributed by atoms with E-state index in [1.54, 1.807) is 12.1 Å². The Balaban J connectivity index is 1.28. The highest BCUT2D eigenvalue weighted by Crippen LogP contribution is 2.28. The summed E-state index contributed by atoms with van der Waals surface area (Å²) in [4.78, 5) is 31.1. The Hall–Kier alpha value is -3.28. The van der Waals surface area contributed by atoms with Crippen LogP contribution >= 0.6 is 0 Å². The highest BCUT2D eigenvalue weighted by Gasteiger charge is 2.27. The first-order chi connectivity index (χ1) is 14.2. The van der Waals surface area contributed by atoms with Gasteiger partial charge in [-0.3, -0.25) is 9.59 Å². The molecule has 1 aromatic heterocycles. The molecule has 0 spiro atoms. The number of rotatable bonds is 6. The van der Waals surface area contributed by atoms with Crippen molar-refractivity contribution in [2.24, 2.45) is 0 Å². The van der Waals surface area contributed by atoms with Gasteiger partial charge in [-0.2, -0.15) is 4.98 Å². The van der Waals surface area contributed by atoms with Gasteiger partial charge in [-0.25, -0.2) is 0 Å². The first-order valence-electron chi connectivity index (χ1n) is 9.96. The largest absolute Gasteiger partial charge is 0.343 e.